The summed E-state index contributed by atoms with van der Waals surface area (Å²) in [6, 6.07) is 6.20. The number of carbonyl (C=O) groups excluding carboxylic acids is 2. The molecule has 1 aromatic heterocycles. The maximum Gasteiger partial charge on any atom is 0.506 e. The first-order valence-electron chi connectivity index (χ1n) is 6.43. The van der Waals surface area contributed by atoms with Crippen LogP contribution >= 0.6 is 0 Å². The minimum atomic E-state index is -1.86. The lowest BCUT2D eigenvalue weighted by atomic mass is 9.86. The van der Waals surface area contributed by atoms with Gasteiger partial charge in [-0.2, -0.15) is 0 Å². The molecule has 0 atom stereocenters. The highest BCUT2D eigenvalue weighted by Crippen LogP contribution is 2.20. The van der Waals surface area contributed by atoms with Crippen LogP contribution in [0.15, 0.2) is 24.3 Å². The van der Waals surface area contributed by atoms with E-state index < -0.39 is 18.8 Å². The Kier molecular flexibility index (Phi) is 3.89. The lowest BCUT2D eigenvalue weighted by Gasteiger charge is -2.21. The number of carbonyl (C=O) groups is 2. The summed E-state index contributed by atoms with van der Waals surface area (Å²) in [5, 5.41) is 19.4. The molecule has 2 N–H and O–H groups in total. The number of rotatable bonds is 2. The van der Waals surface area contributed by atoms with Gasteiger partial charge in [0.2, 0.25) is 0 Å². The molecule has 0 aliphatic carbocycles. The average Bonchev–Trinajstić information content (AvgIpc) is 2.75. The molecule has 0 saturated carbocycles. The summed E-state index contributed by atoms with van der Waals surface area (Å²) < 4.78 is 6.34. The molecule has 0 amide bonds. The molecule has 110 valence electrons. The van der Waals surface area contributed by atoms with Crippen LogP contribution in [0.2, 0.25) is 0 Å². The van der Waals surface area contributed by atoms with Crippen molar-refractivity contribution in [2.24, 2.45) is 0 Å². The van der Waals surface area contributed by atoms with Gasteiger partial charge in [-0.25, -0.2) is 4.79 Å². The summed E-state index contributed by atoms with van der Waals surface area (Å²) in [4.78, 5) is 23.3. The van der Waals surface area contributed by atoms with Crippen molar-refractivity contribution in [3.8, 4) is 0 Å². The topological polar surface area (TPSA) is 88.8 Å². The molecule has 0 spiro atoms. The van der Waals surface area contributed by atoms with Crippen molar-refractivity contribution >= 4 is 36.0 Å². The van der Waals surface area contributed by atoms with Gasteiger partial charge in [-0.3, -0.25) is 9.36 Å². The van der Waals surface area contributed by atoms with E-state index in [0.29, 0.717) is 22.8 Å². The van der Waals surface area contributed by atoms with E-state index in [1.54, 1.807) is 39.0 Å². The van der Waals surface area contributed by atoms with Gasteiger partial charge in [0.25, 0.3) is 0 Å². The molecule has 1 aromatic carbocycles. The Hall–Kier alpha value is -2.12. The van der Waals surface area contributed by atoms with E-state index in [2.05, 4.69) is 0 Å². The Morgan fingerprint density at radius 3 is 2.52 bits per heavy atom. The van der Waals surface area contributed by atoms with Crippen molar-refractivity contribution < 1.29 is 24.4 Å². The molecular weight excluding hydrogens is 273 g/mol. The largest absolute Gasteiger partial charge is 0.506 e. The molecule has 0 radical (unpaired) electrons. The number of ether oxygens (including phenoxy) is 1. The smallest absolute Gasteiger partial charge is 0.443 e. The predicted molar refractivity (Wildman–Crippen MR) is 78.8 cm³/mol. The fourth-order valence-electron chi connectivity index (χ4n) is 2.08. The second-order valence-electron chi connectivity index (χ2n) is 5.66. The van der Waals surface area contributed by atoms with Crippen LogP contribution in [0.4, 0.5) is 4.79 Å². The Balaban J connectivity index is 2.68. The molecular formula is C14H16BNO5. The minimum absolute atomic E-state index is 0.0476. The number of nitrogens with zero attached hydrogens (tertiary/aromatic N) is 1. The summed E-state index contributed by atoms with van der Waals surface area (Å²) >= 11 is 0. The average molecular weight is 289 g/mol. The molecule has 1 heterocycles. The van der Waals surface area contributed by atoms with E-state index in [1.807, 2.05) is 0 Å². The monoisotopic (exact) mass is 289 g/mol. The van der Waals surface area contributed by atoms with Crippen molar-refractivity contribution in [1.82, 2.24) is 4.57 Å². The first-order chi connectivity index (χ1) is 9.74. The molecule has 7 heteroatoms. The maximum atomic E-state index is 12.3. The van der Waals surface area contributed by atoms with Crippen LogP contribution in [0.3, 0.4) is 0 Å². The molecule has 0 aliphatic heterocycles. The van der Waals surface area contributed by atoms with Crippen LogP contribution in [-0.2, 0) is 4.74 Å². The molecule has 6 nitrogen and oxygen atoms in total. The number of fused-ring (bicyclic) bond motifs is 1. The second kappa shape index (κ2) is 5.35. The van der Waals surface area contributed by atoms with Crippen LogP contribution in [0.5, 0.6) is 0 Å². The van der Waals surface area contributed by atoms with Gasteiger partial charge in [0.1, 0.15) is 5.60 Å². The molecule has 21 heavy (non-hydrogen) atoms. The van der Waals surface area contributed by atoms with E-state index in [0.717, 1.165) is 4.57 Å². The maximum absolute atomic E-state index is 12.3. The lowest BCUT2D eigenvalue weighted by molar-refractivity contribution is 0.0547. The Morgan fingerprint density at radius 2 is 2.00 bits per heavy atom. The van der Waals surface area contributed by atoms with Gasteiger partial charge in [0.15, 0.2) is 6.29 Å². The van der Waals surface area contributed by atoms with Crippen molar-refractivity contribution in [2.45, 2.75) is 26.4 Å². The van der Waals surface area contributed by atoms with Crippen LogP contribution in [0, 0.1) is 0 Å². The summed E-state index contributed by atoms with van der Waals surface area (Å²) in [5.41, 5.74) is -0.0321. The minimum Gasteiger partial charge on any atom is -0.443 e. The summed E-state index contributed by atoms with van der Waals surface area (Å²) in [5.74, 6) is 0. The van der Waals surface area contributed by atoms with Gasteiger partial charge in [-0.1, -0.05) is 12.1 Å². The van der Waals surface area contributed by atoms with E-state index in [9.17, 15) is 19.6 Å². The molecule has 0 bridgehead atoms. The highest BCUT2D eigenvalue weighted by atomic mass is 16.6. The second-order valence-corrected chi connectivity index (χ2v) is 5.66. The molecule has 0 aliphatic rings. The van der Waals surface area contributed by atoms with E-state index in [4.69, 9.17) is 4.74 Å². The molecule has 0 saturated heterocycles. The zero-order chi connectivity index (χ0) is 15.8. The summed E-state index contributed by atoms with van der Waals surface area (Å²) in [6.45, 7) is 5.13. The Bertz CT molecular complexity index is 699. The summed E-state index contributed by atoms with van der Waals surface area (Å²) in [6.07, 6.45) is -0.0846. The molecule has 0 unspecified atom stereocenters. The molecule has 2 rings (SSSR count). The predicted octanol–water partition coefficient (Wildman–Crippen LogP) is 0.917. The first-order valence-corrected chi connectivity index (χ1v) is 6.43. The fourth-order valence-corrected chi connectivity index (χ4v) is 2.08. The van der Waals surface area contributed by atoms with Gasteiger partial charge in [0, 0.05) is 10.9 Å². The van der Waals surface area contributed by atoms with E-state index >= 15 is 0 Å². The SMILES string of the molecule is CC(C)(C)OC(=O)n1c(B(O)O)cc2c(C=O)cccc21. The fraction of sp³-hybridized carbons (Fsp3) is 0.286. The molecule has 0 fully saturated rings. The highest BCUT2D eigenvalue weighted by molar-refractivity contribution is 6.59. The number of hydrogen-bond donors (Lipinski definition) is 2. The third kappa shape index (κ3) is 2.98. The van der Waals surface area contributed by atoms with Crippen molar-refractivity contribution in [3.05, 3.63) is 29.8 Å². The Morgan fingerprint density at radius 1 is 1.33 bits per heavy atom. The van der Waals surface area contributed by atoms with E-state index in [1.165, 1.54) is 6.07 Å². The number of aromatic nitrogens is 1. The Labute approximate surface area is 122 Å². The number of benzene rings is 1. The van der Waals surface area contributed by atoms with Gasteiger partial charge in [0.05, 0.1) is 11.1 Å². The van der Waals surface area contributed by atoms with Gasteiger partial charge < -0.3 is 14.8 Å². The highest BCUT2D eigenvalue weighted by Gasteiger charge is 2.27. The quantitative estimate of drug-likeness (QED) is 0.634. The van der Waals surface area contributed by atoms with Gasteiger partial charge in [-0.05, 0) is 32.9 Å². The number of hydrogen-bond acceptors (Lipinski definition) is 5. The normalized spacial score (nSPS) is 11.5. The van der Waals surface area contributed by atoms with Gasteiger partial charge >= 0.3 is 13.2 Å². The van der Waals surface area contributed by atoms with E-state index in [-0.39, 0.29) is 5.59 Å². The van der Waals surface area contributed by atoms with Gasteiger partial charge in [-0.15, -0.1) is 0 Å². The first kappa shape index (κ1) is 15.3. The standard InChI is InChI=1S/C14H16BNO5/c1-14(2,3)21-13(18)16-11-6-4-5-9(8-17)10(11)7-12(16)15(19)20/h4-8,19-20H,1-3H3. The number of aldehydes is 1. The molecule has 2 aromatic rings. The third-order valence-electron chi connectivity index (χ3n) is 2.88. The van der Waals surface area contributed by atoms with Crippen LogP contribution in [-0.4, -0.2) is 39.7 Å². The zero-order valence-electron chi connectivity index (χ0n) is 12.0. The van der Waals surface area contributed by atoms with Crippen LogP contribution < -0.4 is 5.59 Å². The summed E-state index contributed by atoms with van der Waals surface area (Å²) in [7, 11) is -1.86. The van der Waals surface area contributed by atoms with Crippen molar-refractivity contribution in [1.29, 1.82) is 0 Å². The van der Waals surface area contributed by atoms with Crippen LogP contribution in [0.1, 0.15) is 31.1 Å². The lowest BCUT2D eigenvalue weighted by Crippen LogP contribution is -2.40. The van der Waals surface area contributed by atoms with Crippen LogP contribution in [0.25, 0.3) is 10.9 Å². The van der Waals surface area contributed by atoms with Crippen molar-refractivity contribution in [3.63, 3.8) is 0 Å². The van der Waals surface area contributed by atoms with Crippen molar-refractivity contribution in [2.75, 3.05) is 0 Å². The zero-order valence-corrected chi connectivity index (χ0v) is 12.0. The third-order valence-corrected chi connectivity index (χ3v) is 2.88.